The third-order valence-electron chi connectivity index (χ3n) is 4.75. The maximum absolute atomic E-state index is 13.5. The van der Waals surface area contributed by atoms with Gasteiger partial charge in [-0.05, 0) is 42.6 Å². The highest BCUT2D eigenvalue weighted by Crippen LogP contribution is 2.33. The maximum atomic E-state index is 13.5. The highest BCUT2D eigenvalue weighted by molar-refractivity contribution is 9.10. The van der Waals surface area contributed by atoms with Gasteiger partial charge in [0.1, 0.15) is 11.8 Å². The zero-order chi connectivity index (χ0) is 23.0. The number of thiophene rings is 1. The molecule has 0 spiro atoms. The molecule has 2 aromatic heterocycles. The van der Waals surface area contributed by atoms with E-state index in [2.05, 4.69) is 20.9 Å². The highest BCUT2D eigenvalue weighted by atomic mass is 79.9. The predicted molar refractivity (Wildman–Crippen MR) is 126 cm³/mol. The summed E-state index contributed by atoms with van der Waals surface area (Å²) in [6.45, 7) is 3.05. The molecule has 0 unspecified atom stereocenters. The second-order valence-electron chi connectivity index (χ2n) is 6.86. The van der Waals surface area contributed by atoms with E-state index in [4.69, 9.17) is 9.47 Å². The molecule has 1 aliphatic heterocycles. The lowest BCUT2D eigenvalue weighted by atomic mass is 10.0. The van der Waals surface area contributed by atoms with Crippen LogP contribution in [0.1, 0.15) is 30.3 Å². The lowest BCUT2D eigenvalue weighted by Crippen LogP contribution is -2.39. The summed E-state index contributed by atoms with van der Waals surface area (Å²) >= 11 is 6.07. The third kappa shape index (κ3) is 4.13. The molecule has 10 heteroatoms. The Balaban J connectivity index is 1.96. The Bertz CT molecular complexity index is 1430. The van der Waals surface area contributed by atoms with Crippen LogP contribution in [-0.2, 0) is 14.3 Å². The van der Waals surface area contributed by atoms with Crippen molar-refractivity contribution in [3.63, 3.8) is 0 Å². The summed E-state index contributed by atoms with van der Waals surface area (Å²) in [5.74, 6) is -0.643. The molecular weight excluding hydrogens is 516 g/mol. The largest absolute Gasteiger partial charge is 0.466 e. The van der Waals surface area contributed by atoms with Gasteiger partial charge in [0.25, 0.3) is 5.56 Å². The number of ether oxygens (including phenoxy) is 2. The second-order valence-corrected chi connectivity index (χ2v) is 9.77. The van der Waals surface area contributed by atoms with Crippen molar-refractivity contribution in [3.05, 3.63) is 81.6 Å². The van der Waals surface area contributed by atoms with Crippen molar-refractivity contribution in [3.8, 4) is 5.75 Å². The topological polar surface area (TPSA) is 87.0 Å². The van der Waals surface area contributed by atoms with E-state index in [-0.39, 0.29) is 5.56 Å². The van der Waals surface area contributed by atoms with Crippen LogP contribution in [-0.4, -0.2) is 23.6 Å². The summed E-state index contributed by atoms with van der Waals surface area (Å²) < 4.78 is 13.0. The van der Waals surface area contributed by atoms with Gasteiger partial charge in [-0.2, -0.15) is 0 Å². The first-order valence-corrected chi connectivity index (χ1v) is 11.9. The monoisotopic (exact) mass is 532 g/mol. The van der Waals surface area contributed by atoms with E-state index >= 15 is 0 Å². The van der Waals surface area contributed by atoms with Crippen LogP contribution in [0.2, 0.25) is 0 Å². The average Bonchev–Trinajstić information content (AvgIpc) is 3.37. The highest BCUT2D eigenvalue weighted by Gasteiger charge is 2.33. The number of esters is 2. The van der Waals surface area contributed by atoms with Gasteiger partial charge in [-0.25, -0.2) is 9.79 Å². The molecule has 0 radical (unpaired) electrons. The molecule has 32 heavy (non-hydrogen) atoms. The number of halogens is 1. The van der Waals surface area contributed by atoms with E-state index in [0.29, 0.717) is 31.9 Å². The Labute approximate surface area is 199 Å². The number of rotatable bonds is 4. The number of allylic oxidation sites excluding steroid dienone is 1. The predicted octanol–water partition coefficient (Wildman–Crippen LogP) is 3.16. The summed E-state index contributed by atoms with van der Waals surface area (Å²) in [6.07, 6.45) is 1.66. The van der Waals surface area contributed by atoms with Crippen molar-refractivity contribution in [2.75, 3.05) is 7.11 Å². The van der Waals surface area contributed by atoms with Crippen molar-refractivity contribution in [1.82, 2.24) is 4.57 Å². The molecule has 0 fully saturated rings. The van der Waals surface area contributed by atoms with Gasteiger partial charge in [0.2, 0.25) is 0 Å². The summed E-state index contributed by atoms with van der Waals surface area (Å²) in [6, 6.07) is 8.28. The molecule has 0 bridgehead atoms. The van der Waals surface area contributed by atoms with Gasteiger partial charge in [0, 0.05) is 21.8 Å². The van der Waals surface area contributed by atoms with Gasteiger partial charge < -0.3 is 9.47 Å². The normalized spacial score (nSPS) is 15.9. The smallest absolute Gasteiger partial charge is 0.338 e. The second kappa shape index (κ2) is 8.97. The number of nitrogens with zero attached hydrogens (tertiary/aromatic N) is 2. The zero-order valence-electron chi connectivity index (χ0n) is 17.2. The Morgan fingerprint density at radius 2 is 2.06 bits per heavy atom. The minimum absolute atomic E-state index is 0.296. The number of methoxy groups -OCH3 is 1. The van der Waals surface area contributed by atoms with E-state index < -0.39 is 18.0 Å². The van der Waals surface area contributed by atoms with Crippen molar-refractivity contribution in [2.24, 2.45) is 4.99 Å². The Morgan fingerprint density at radius 3 is 2.72 bits per heavy atom. The van der Waals surface area contributed by atoms with Crippen molar-refractivity contribution < 1.29 is 19.1 Å². The van der Waals surface area contributed by atoms with Crippen LogP contribution in [0.15, 0.2) is 61.2 Å². The van der Waals surface area contributed by atoms with Gasteiger partial charge in [-0.15, -0.1) is 11.3 Å². The molecule has 1 atom stereocenters. The number of hydrogen-bond acceptors (Lipinski definition) is 8. The molecule has 4 rings (SSSR count). The minimum atomic E-state index is -0.628. The first-order chi connectivity index (χ1) is 15.3. The average molecular weight is 533 g/mol. The van der Waals surface area contributed by atoms with Crippen LogP contribution in [0, 0.1) is 0 Å². The minimum Gasteiger partial charge on any atom is -0.466 e. The molecule has 0 saturated heterocycles. The lowest BCUT2D eigenvalue weighted by Gasteiger charge is -2.22. The molecule has 0 N–H and O–H groups in total. The molecule has 164 valence electrons. The van der Waals surface area contributed by atoms with Crippen molar-refractivity contribution in [2.45, 2.75) is 19.9 Å². The number of carbonyl (C=O) groups excluding carboxylic acids is 2. The summed E-state index contributed by atoms with van der Waals surface area (Å²) in [7, 11) is 1.31. The van der Waals surface area contributed by atoms with E-state index in [1.54, 1.807) is 31.2 Å². The van der Waals surface area contributed by atoms with E-state index in [9.17, 15) is 14.4 Å². The van der Waals surface area contributed by atoms with E-state index in [0.717, 1.165) is 9.35 Å². The molecule has 0 amide bonds. The van der Waals surface area contributed by atoms with Crippen molar-refractivity contribution in [1.29, 1.82) is 0 Å². The van der Waals surface area contributed by atoms with E-state index in [1.165, 1.54) is 41.3 Å². The summed E-state index contributed by atoms with van der Waals surface area (Å²) in [5.41, 5.74) is 1.11. The fourth-order valence-electron chi connectivity index (χ4n) is 3.43. The van der Waals surface area contributed by atoms with E-state index in [1.807, 2.05) is 17.5 Å². The number of aromatic nitrogens is 1. The van der Waals surface area contributed by atoms with Crippen LogP contribution in [0.25, 0.3) is 6.08 Å². The quantitative estimate of drug-likeness (QED) is 0.380. The van der Waals surface area contributed by atoms with Gasteiger partial charge in [0.15, 0.2) is 4.80 Å². The Hall–Kier alpha value is -2.82. The van der Waals surface area contributed by atoms with Gasteiger partial charge >= 0.3 is 11.9 Å². The van der Waals surface area contributed by atoms with Crippen LogP contribution >= 0.6 is 38.6 Å². The van der Waals surface area contributed by atoms with Gasteiger partial charge in [0.05, 0.1) is 22.9 Å². The molecule has 3 aromatic rings. The number of benzene rings is 1. The standard InChI is InChI=1S/C22H17BrN2O5S2/c1-11-18(21(28)29-3)19(16-5-4-8-31-16)25-20(27)17(32-22(25)24-11)10-13-9-14(23)6-7-15(13)30-12(2)26/h4-10,19H,1-3H3/t19-/m1/s1. The lowest BCUT2D eigenvalue weighted by molar-refractivity contribution is -0.136. The van der Waals surface area contributed by atoms with Crippen LogP contribution in [0.5, 0.6) is 5.75 Å². The molecule has 3 heterocycles. The number of thiazole rings is 1. The fourth-order valence-corrected chi connectivity index (χ4v) is 5.67. The zero-order valence-corrected chi connectivity index (χ0v) is 20.5. The molecule has 0 saturated carbocycles. The Kier molecular flexibility index (Phi) is 6.27. The Morgan fingerprint density at radius 1 is 1.28 bits per heavy atom. The maximum Gasteiger partial charge on any atom is 0.338 e. The van der Waals surface area contributed by atoms with Crippen LogP contribution < -0.4 is 19.6 Å². The van der Waals surface area contributed by atoms with Crippen molar-refractivity contribution >= 4 is 56.6 Å². The third-order valence-corrected chi connectivity index (χ3v) is 7.15. The van der Waals surface area contributed by atoms with Crippen LogP contribution in [0.3, 0.4) is 0 Å². The number of carbonyl (C=O) groups is 2. The van der Waals surface area contributed by atoms with Crippen LogP contribution in [0.4, 0.5) is 0 Å². The summed E-state index contributed by atoms with van der Waals surface area (Å²) in [4.78, 5) is 43.4. The first kappa shape index (κ1) is 22.4. The fraction of sp³-hybridized carbons (Fsp3) is 0.182. The number of fused-ring (bicyclic) bond motifs is 1. The molecular formula is C22H17BrN2O5S2. The molecule has 1 aliphatic rings. The van der Waals surface area contributed by atoms with Gasteiger partial charge in [-0.3, -0.25) is 14.2 Å². The number of hydrogen-bond donors (Lipinski definition) is 0. The molecule has 7 nitrogen and oxygen atoms in total. The molecule has 1 aromatic carbocycles. The summed E-state index contributed by atoms with van der Waals surface area (Å²) in [5, 5.41) is 1.89. The SMILES string of the molecule is COC(=O)C1=C(C)N=c2sc(=Cc3cc(Br)ccc3OC(C)=O)c(=O)n2[C@@H]1c1cccs1. The molecule has 0 aliphatic carbocycles. The van der Waals surface area contributed by atoms with Gasteiger partial charge in [-0.1, -0.05) is 33.3 Å². The first-order valence-electron chi connectivity index (χ1n) is 9.42.